The lowest BCUT2D eigenvalue weighted by Crippen LogP contribution is -2.17. The largest absolute Gasteiger partial charge is 0.469 e. The number of benzene rings is 2. The molecule has 144 valence electrons. The summed E-state index contributed by atoms with van der Waals surface area (Å²) >= 11 is 0. The number of nitrogens with zero attached hydrogens (tertiary/aromatic N) is 2. The van der Waals surface area contributed by atoms with Crippen LogP contribution in [0.4, 0.5) is 0 Å². The maximum absolute atomic E-state index is 11.6. The molecule has 1 aromatic heterocycles. The van der Waals surface area contributed by atoms with Crippen molar-refractivity contribution in [2.45, 2.75) is 13.0 Å². The molecule has 6 nitrogen and oxygen atoms in total. The monoisotopic (exact) mass is 378 g/mol. The molecule has 3 aromatic rings. The van der Waals surface area contributed by atoms with Crippen molar-refractivity contribution in [3.63, 3.8) is 0 Å². The van der Waals surface area contributed by atoms with Crippen molar-refractivity contribution in [2.24, 2.45) is 5.92 Å². The van der Waals surface area contributed by atoms with Gasteiger partial charge in [-0.2, -0.15) is 5.26 Å². The number of rotatable bonds is 7. The van der Waals surface area contributed by atoms with Crippen molar-refractivity contribution in [3.05, 3.63) is 59.8 Å². The fourth-order valence-electron chi connectivity index (χ4n) is 3.28. The van der Waals surface area contributed by atoms with Crippen molar-refractivity contribution in [3.8, 4) is 17.2 Å². The van der Waals surface area contributed by atoms with Crippen LogP contribution in [0.15, 0.2) is 48.7 Å². The quantitative estimate of drug-likeness (QED) is 0.616. The van der Waals surface area contributed by atoms with E-state index in [1.165, 1.54) is 7.11 Å². The average Bonchev–Trinajstić information content (AvgIpc) is 3.09. The lowest BCUT2D eigenvalue weighted by Gasteiger charge is -2.13. The Bertz CT molecular complexity index is 1030. The number of hydrogen-bond acceptors (Lipinski definition) is 5. The summed E-state index contributed by atoms with van der Waals surface area (Å²) in [6.45, 7) is 0.178. The molecule has 1 heterocycles. The summed E-state index contributed by atoms with van der Waals surface area (Å²) in [7, 11) is 1.36. The molecule has 28 heavy (non-hydrogen) atoms. The van der Waals surface area contributed by atoms with E-state index in [2.05, 4.69) is 6.07 Å². The zero-order valence-electron chi connectivity index (χ0n) is 15.6. The number of carbonyl (C=O) groups excluding carboxylic acids is 1. The van der Waals surface area contributed by atoms with E-state index in [9.17, 15) is 20.3 Å². The Morgan fingerprint density at radius 1 is 1.21 bits per heavy atom. The molecule has 0 bridgehead atoms. The van der Waals surface area contributed by atoms with E-state index in [1.54, 1.807) is 6.07 Å². The van der Waals surface area contributed by atoms with Crippen molar-refractivity contribution in [1.82, 2.24) is 4.57 Å². The van der Waals surface area contributed by atoms with Crippen molar-refractivity contribution >= 4 is 16.9 Å². The summed E-state index contributed by atoms with van der Waals surface area (Å²) < 4.78 is 6.73. The third-order valence-corrected chi connectivity index (χ3v) is 4.80. The lowest BCUT2D eigenvalue weighted by atomic mass is 10.0. The first-order valence-electron chi connectivity index (χ1n) is 9.00. The average molecular weight is 378 g/mol. The van der Waals surface area contributed by atoms with Crippen LogP contribution in [0.3, 0.4) is 0 Å². The van der Waals surface area contributed by atoms with Crippen LogP contribution in [0.1, 0.15) is 11.1 Å². The number of carbonyl (C=O) groups is 1. The zero-order chi connectivity index (χ0) is 20.1. The normalized spacial score (nSPS) is 11.0. The van der Waals surface area contributed by atoms with E-state index in [0.29, 0.717) is 12.1 Å². The van der Waals surface area contributed by atoms with Crippen molar-refractivity contribution < 1.29 is 19.7 Å². The minimum atomic E-state index is -0.317. The molecule has 0 aliphatic heterocycles. The second-order valence-electron chi connectivity index (χ2n) is 6.72. The number of fused-ring (bicyclic) bond motifs is 1. The predicted octanol–water partition coefficient (Wildman–Crippen LogP) is 2.50. The fourth-order valence-corrected chi connectivity index (χ4v) is 3.28. The van der Waals surface area contributed by atoms with Gasteiger partial charge in [0, 0.05) is 48.3 Å². The van der Waals surface area contributed by atoms with Gasteiger partial charge in [0.2, 0.25) is 0 Å². The predicted molar refractivity (Wildman–Crippen MR) is 105 cm³/mol. The van der Waals surface area contributed by atoms with E-state index < -0.39 is 0 Å². The maximum atomic E-state index is 11.6. The van der Waals surface area contributed by atoms with Crippen LogP contribution in [-0.4, -0.2) is 41.1 Å². The molecule has 0 unspecified atom stereocenters. The van der Waals surface area contributed by atoms with Gasteiger partial charge in [-0.05, 0) is 29.3 Å². The smallest absolute Gasteiger partial charge is 0.309 e. The van der Waals surface area contributed by atoms with E-state index >= 15 is 0 Å². The number of nitriles is 1. The molecule has 0 aliphatic rings. The van der Waals surface area contributed by atoms with Crippen LogP contribution in [0.5, 0.6) is 0 Å². The molecule has 0 saturated carbocycles. The number of esters is 1. The van der Waals surface area contributed by atoms with Crippen LogP contribution >= 0.6 is 0 Å². The number of aliphatic hydroxyl groups excluding tert-OH is 2. The molecule has 0 saturated heterocycles. The van der Waals surface area contributed by atoms with E-state index in [4.69, 9.17) is 4.74 Å². The Balaban J connectivity index is 2.13. The zero-order valence-corrected chi connectivity index (χ0v) is 15.6. The number of ether oxygens (including phenoxy) is 1. The van der Waals surface area contributed by atoms with Crippen LogP contribution < -0.4 is 0 Å². The topological polar surface area (TPSA) is 95.5 Å². The fraction of sp³-hybridized carbons (Fsp3) is 0.273. The summed E-state index contributed by atoms with van der Waals surface area (Å²) in [4.78, 5) is 11.6. The van der Waals surface area contributed by atoms with E-state index in [0.717, 1.165) is 27.6 Å². The number of aliphatic hydroxyl groups is 2. The molecule has 0 aliphatic carbocycles. The van der Waals surface area contributed by atoms with Gasteiger partial charge in [-0.25, -0.2) is 0 Å². The van der Waals surface area contributed by atoms with Gasteiger partial charge in [0.1, 0.15) is 0 Å². The molecule has 0 amide bonds. The Morgan fingerprint density at radius 2 is 2.00 bits per heavy atom. The Morgan fingerprint density at radius 3 is 2.68 bits per heavy atom. The molecule has 3 rings (SSSR count). The highest BCUT2D eigenvalue weighted by molar-refractivity contribution is 5.97. The maximum Gasteiger partial charge on any atom is 0.309 e. The van der Waals surface area contributed by atoms with Gasteiger partial charge in [0.25, 0.3) is 0 Å². The third-order valence-electron chi connectivity index (χ3n) is 4.80. The first-order chi connectivity index (χ1) is 13.6. The molecule has 0 fully saturated rings. The number of hydrogen-bond donors (Lipinski definition) is 2. The van der Waals surface area contributed by atoms with Crippen molar-refractivity contribution in [2.75, 3.05) is 20.3 Å². The molecular formula is C22H22N2O4. The minimum Gasteiger partial charge on any atom is -0.469 e. The van der Waals surface area contributed by atoms with Gasteiger partial charge >= 0.3 is 5.97 Å². The van der Waals surface area contributed by atoms with Gasteiger partial charge in [0.15, 0.2) is 0 Å². The second-order valence-corrected chi connectivity index (χ2v) is 6.72. The molecule has 0 spiro atoms. The highest BCUT2D eigenvalue weighted by atomic mass is 16.5. The van der Waals surface area contributed by atoms with Gasteiger partial charge in [-0.15, -0.1) is 0 Å². The number of aromatic nitrogens is 1. The highest BCUT2D eigenvalue weighted by Crippen LogP contribution is 2.32. The Labute approximate surface area is 163 Å². The standard InChI is InChI=1S/C22H22N2O4/c1-28-22(27)9-15-5-6-19-20(18-4-2-3-16(7-18)10-23)12-24(21(19)8-15)11-17(13-25)14-26/h2-8,12,17,25-26H,9,11,13-14H2,1H3. The summed E-state index contributed by atoms with van der Waals surface area (Å²) in [5.74, 6) is -0.610. The molecule has 2 N–H and O–H groups in total. The van der Waals surface area contributed by atoms with Gasteiger partial charge in [0.05, 0.1) is 25.2 Å². The van der Waals surface area contributed by atoms with Crippen LogP contribution in [0, 0.1) is 17.2 Å². The van der Waals surface area contributed by atoms with Crippen molar-refractivity contribution in [1.29, 1.82) is 5.26 Å². The highest BCUT2D eigenvalue weighted by Gasteiger charge is 2.15. The van der Waals surface area contributed by atoms with Crippen LogP contribution in [0.25, 0.3) is 22.0 Å². The van der Waals surface area contributed by atoms with E-state index in [1.807, 2.05) is 47.2 Å². The molecule has 0 radical (unpaired) electrons. The molecule has 2 aromatic carbocycles. The SMILES string of the molecule is COC(=O)Cc1ccc2c(-c3cccc(C#N)c3)cn(CC(CO)CO)c2c1. The summed E-state index contributed by atoms with van der Waals surface area (Å²) in [5.41, 5.74) is 4.15. The molecular weight excluding hydrogens is 356 g/mol. The van der Waals surface area contributed by atoms with Gasteiger partial charge in [-0.3, -0.25) is 4.79 Å². The lowest BCUT2D eigenvalue weighted by molar-refractivity contribution is -0.139. The molecule has 0 atom stereocenters. The Kier molecular flexibility index (Phi) is 6.09. The van der Waals surface area contributed by atoms with Gasteiger partial charge < -0.3 is 19.5 Å². The summed E-state index contributed by atoms with van der Waals surface area (Å²) in [6.07, 6.45) is 2.13. The van der Waals surface area contributed by atoms with Gasteiger partial charge in [-0.1, -0.05) is 24.3 Å². The van der Waals surface area contributed by atoms with Crippen LogP contribution in [0.2, 0.25) is 0 Å². The van der Waals surface area contributed by atoms with E-state index in [-0.39, 0.29) is 31.5 Å². The Hall–Kier alpha value is -3.14. The first-order valence-corrected chi connectivity index (χ1v) is 9.00. The summed E-state index contributed by atoms with van der Waals surface area (Å²) in [6, 6.07) is 15.3. The molecule has 6 heteroatoms. The summed E-state index contributed by atoms with van der Waals surface area (Å²) in [5, 5.41) is 29.1. The van der Waals surface area contributed by atoms with Crippen LogP contribution in [-0.2, 0) is 22.5 Å². The minimum absolute atomic E-state index is 0.128. The second kappa shape index (κ2) is 8.70. The number of methoxy groups -OCH3 is 1. The first kappa shape index (κ1) is 19.6. The third kappa shape index (κ3) is 4.06.